The summed E-state index contributed by atoms with van der Waals surface area (Å²) in [4.78, 5) is 20.6. The van der Waals surface area contributed by atoms with Crippen molar-refractivity contribution in [2.45, 2.75) is 25.4 Å². The predicted molar refractivity (Wildman–Crippen MR) is 84.1 cm³/mol. The molecule has 0 aliphatic carbocycles. The number of rotatable bonds is 4. The number of likely N-dealkylation sites (tertiary alicyclic amines) is 1. The summed E-state index contributed by atoms with van der Waals surface area (Å²) < 4.78 is 5.57. The molecule has 0 bridgehead atoms. The van der Waals surface area contributed by atoms with E-state index in [1.165, 1.54) is 0 Å². The Morgan fingerprint density at radius 2 is 2.14 bits per heavy atom. The number of hydrogen-bond acceptors (Lipinski definition) is 4. The highest BCUT2D eigenvalue weighted by atomic mass is 16.3. The lowest BCUT2D eigenvalue weighted by Crippen LogP contribution is -2.42. The normalized spacial score (nSPS) is 18.5. The van der Waals surface area contributed by atoms with Gasteiger partial charge in [0.15, 0.2) is 0 Å². The highest BCUT2D eigenvalue weighted by molar-refractivity contribution is 5.81. The number of likely N-dealkylation sites (N-methyl/N-ethyl adjacent to an activating group) is 1. The Kier molecular flexibility index (Phi) is 4.24. The summed E-state index contributed by atoms with van der Waals surface area (Å²) in [5.41, 5.74) is 1.84. The maximum absolute atomic E-state index is 12.2. The molecule has 0 unspecified atom stereocenters. The van der Waals surface area contributed by atoms with Crippen molar-refractivity contribution in [3.63, 3.8) is 0 Å². The van der Waals surface area contributed by atoms with E-state index < -0.39 is 0 Å². The average Bonchev–Trinajstić information content (AvgIpc) is 3.17. The Morgan fingerprint density at radius 1 is 1.36 bits per heavy atom. The monoisotopic (exact) mass is 299 g/mol. The number of nitrogens with zero attached hydrogens (tertiary/aromatic N) is 3. The zero-order valence-electron chi connectivity index (χ0n) is 13.0. The topological polar surface area (TPSA) is 49.6 Å². The largest absolute Gasteiger partial charge is 0.444 e. The molecule has 1 aliphatic rings. The predicted octanol–water partition coefficient (Wildman–Crippen LogP) is 2.39. The maximum atomic E-state index is 12.2. The third kappa shape index (κ3) is 3.04. The van der Waals surface area contributed by atoms with E-state index in [-0.39, 0.29) is 11.9 Å². The minimum absolute atomic E-state index is 0.0353. The molecule has 0 spiro atoms. The average molecular weight is 299 g/mol. The van der Waals surface area contributed by atoms with E-state index in [0.29, 0.717) is 12.4 Å². The van der Waals surface area contributed by atoms with Crippen LogP contribution in [0, 0.1) is 0 Å². The molecule has 116 valence electrons. The van der Waals surface area contributed by atoms with Crippen molar-refractivity contribution < 1.29 is 9.21 Å². The van der Waals surface area contributed by atoms with Crippen LogP contribution in [0.5, 0.6) is 0 Å². The highest BCUT2D eigenvalue weighted by Gasteiger charge is 2.32. The zero-order valence-corrected chi connectivity index (χ0v) is 13.0. The molecule has 3 rings (SSSR count). The van der Waals surface area contributed by atoms with Crippen LogP contribution in [0.3, 0.4) is 0 Å². The van der Waals surface area contributed by atoms with Gasteiger partial charge in [-0.1, -0.05) is 18.2 Å². The SMILES string of the molecule is CN(C)C(=O)[C@H]1CCCN1Cc1coc(-c2ccccc2)n1. The van der Waals surface area contributed by atoms with Gasteiger partial charge in [0.05, 0.1) is 11.7 Å². The fourth-order valence-electron chi connectivity index (χ4n) is 2.89. The summed E-state index contributed by atoms with van der Waals surface area (Å²) in [7, 11) is 3.62. The second kappa shape index (κ2) is 6.32. The quantitative estimate of drug-likeness (QED) is 0.870. The van der Waals surface area contributed by atoms with Crippen molar-refractivity contribution in [3.8, 4) is 11.5 Å². The molecule has 1 aromatic heterocycles. The van der Waals surface area contributed by atoms with Gasteiger partial charge in [-0.05, 0) is 31.5 Å². The summed E-state index contributed by atoms with van der Waals surface area (Å²) >= 11 is 0. The van der Waals surface area contributed by atoms with Crippen LogP contribution in [0.25, 0.3) is 11.5 Å². The van der Waals surface area contributed by atoms with Crippen molar-refractivity contribution in [1.82, 2.24) is 14.8 Å². The molecule has 1 fully saturated rings. The van der Waals surface area contributed by atoms with Gasteiger partial charge < -0.3 is 9.32 Å². The first-order valence-corrected chi connectivity index (χ1v) is 7.60. The molecule has 2 aromatic rings. The number of oxazole rings is 1. The number of carbonyl (C=O) groups excluding carboxylic acids is 1. The van der Waals surface area contributed by atoms with Crippen LogP contribution in [0.4, 0.5) is 0 Å². The van der Waals surface area contributed by atoms with Gasteiger partial charge in [-0.25, -0.2) is 4.98 Å². The van der Waals surface area contributed by atoms with Crippen molar-refractivity contribution in [2.24, 2.45) is 0 Å². The first kappa shape index (κ1) is 14.8. The fourth-order valence-corrected chi connectivity index (χ4v) is 2.89. The summed E-state index contributed by atoms with van der Waals surface area (Å²) in [5, 5.41) is 0. The van der Waals surface area contributed by atoms with Gasteiger partial charge in [-0.2, -0.15) is 0 Å². The Hall–Kier alpha value is -2.14. The first-order valence-electron chi connectivity index (χ1n) is 7.60. The van der Waals surface area contributed by atoms with Crippen LogP contribution in [0.1, 0.15) is 18.5 Å². The molecule has 1 saturated heterocycles. The van der Waals surface area contributed by atoms with Crippen LogP contribution >= 0.6 is 0 Å². The van der Waals surface area contributed by atoms with Crippen LogP contribution in [-0.2, 0) is 11.3 Å². The highest BCUT2D eigenvalue weighted by Crippen LogP contribution is 2.23. The lowest BCUT2D eigenvalue weighted by Gasteiger charge is -2.25. The van der Waals surface area contributed by atoms with Gasteiger partial charge in [0, 0.05) is 26.2 Å². The third-order valence-corrected chi connectivity index (χ3v) is 4.03. The number of amides is 1. The Bertz CT molecular complexity index is 636. The molecular formula is C17H21N3O2. The molecule has 1 amide bonds. The van der Waals surface area contributed by atoms with Crippen molar-refractivity contribution in [2.75, 3.05) is 20.6 Å². The summed E-state index contributed by atoms with van der Waals surface area (Å²) in [6.45, 7) is 1.58. The minimum atomic E-state index is -0.0353. The van der Waals surface area contributed by atoms with Crippen LogP contribution in [-0.4, -0.2) is 47.4 Å². The molecule has 5 heteroatoms. The minimum Gasteiger partial charge on any atom is -0.444 e. The molecule has 0 radical (unpaired) electrons. The van der Waals surface area contributed by atoms with Gasteiger partial charge in [-0.15, -0.1) is 0 Å². The van der Waals surface area contributed by atoms with E-state index in [4.69, 9.17) is 4.42 Å². The fraction of sp³-hybridized carbons (Fsp3) is 0.412. The zero-order chi connectivity index (χ0) is 15.5. The van der Waals surface area contributed by atoms with E-state index >= 15 is 0 Å². The van der Waals surface area contributed by atoms with E-state index in [0.717, 1.165) is 30.6 Å². The van der Waals surface area contributed by atoms with Crippen LogP contribution in [0.2, 0.25) is 0 Å². The van der Waals surface area contributed by atoms with Gasteiger partial charge in [-0.3, -0.25) is 9.69 Å². The summed E-state index contributed by atoms with van der Waals surface area (Å²) in [5.74, 6) is 0.801. The number of aromatic nitrogens is 1. The molecule has 1 aliphatic heterocycles. The number of carbonyl (C=O) groups is 1. The standard InChI is InChI=1S/C17H21N3O2/c1-19(2)17(21)15-9-6-10-20(15)11-14-12-22-16(18-14)13-7-4-3-5-8-13/h3-5,7-8,12,15H,6,9-11H2,1-2H3/t15-/m1/s1. The molecular weight excluding hydrogens is 278 g/mol. The second-order valence-corrected chi connectivity index (χ2v) is 5.87. The van der Waals surface area contributed by atoms with Gasteiger partial charge in [0.25, 0.3) is 0 Å². The van der Waals surface area contributed by atoms with Crippen molar-refractivity contribution >= 4 is 5.91 Å². The van der Waals surface area contributed by atoms with Crippen molar-refractivity contribution in [1.29, 1.82) is 0 Å². The van der Waals surface area contributed by atoms with Crippen molar-refractivity contribution in [3.05, 3.63) is 42.3 Å². The molecule has 0 saturated carbocycles. The van der Waals surface area contributed by atoms with E-state index in [2.05, 4.69) is 9.88 Å². The summed E-state index contributed by atoms with van der Waals surface area (Å²) in [6.07, 6.45) is 3.66. The Balaban J connectivity index is 1.71. The lowest BCUT2D eigenvalue weighted by molar-refractivity contribution is -0.133. The van der Waals surface area contributed by atoms with E-state index in [1.54, 1.807) is 11.2 Å². The second-order valence-electron chi connectivity index (χ2n) is 5.87. The lowest BCUT2D eigenvalue weighted by atomic mass is 10.2. The number of benzene rings is 1. The van der Waals surface area contributed by atoms with E-state index in [1.807, 2.05) is 44.4 Å². The van der Waals surface area contributed by atoms with Crippen LogP contribution in [0.15, 0.2) is 41.0 Å². The molecule has 22 heavy (non-hydrogen) atoms. The smallest absolute Gasteiger partial charge is 0.239 e. The first-order chi connectivity index (χ1) is 10.6. The Labute approximate surface area is 130 Å². The van der Waals surface area contributed by atoms with Gasteiger partial charge >= 0.3 is 0 Å². The van der Waals surface area contributed by atoms with Gasteiger partial charge in [0.2, 0.25) is 11.8 Å². The summed E-state index contributed by atoms with van der Waals surface area (Å²) in [6, 6.07) is 9.81. The van der Waals surface area contributed by atoms with Crippen LogP contribution < -0.4 is 0 Å². The van der Waals surface area contributed by atoms with E-state index in [9.17, 15) is 4.79 Å². The Morgan fingerprint density at radius 3 is 2.86 bits per heavy atom. The molecule has 2 heterocycles. The number of hydrogen-bond donors (Lipinski definition) is 0. The molecule has 1 atom stereocenters. The third-order valence-electron chi connectivity index (χ3n) is 4.03. The molecule has 5 nitrogen and oxygen atoms in total. The molecule has 0 N–H and O–H groups in total. The van der Waals surface area contributed by atoms with Gasteiger partial charge in [0.1, 0.15) is 6.26 Å². The molecule has 1 aromatic carbocycles. The maximum Gasteiger partial charge on any atom is 0.239 e.